The molecule has 1 amide bonds. The molecule has 1 fully saturated rings. The minimum absolute atomic E-state index is 0.0802. The van der Waals surface area contributed by atoms with E-state index in [1.165, 1.54) is 12.8 Å². The highest BCUT2D eigenvalue weighted by molar-refractivity contribution is 5.84. The number of nitrogens with zero attached hydrogens (tertiary/aromatic N) is 4. The van der Waals surface area contributed by atoms with Crippen molar-refractivity contribution < 1.29 is 4.79 Å². The third-order valence-electron chi connectivity index (χ3n) is 6.45. The molecule has 29 heavy (non-hydrogen) atoms. The SMILES string of the molecule is CC[C@@H](C(=O)N1CCc2nc(C)nc(N3CCC(C)CC3)c2C1)c1ccccc1. The zero-order valence-electron chi connectivity index (χ0n) is 17.9. The van der Waals surface area contributed by atoms with Crippen LogP contribution in [0.15, 0.2) is 30.3 Å². The summed E-state index contributed by atoms with van der Waals surface area (Å²) in [6, 6.07) is 10.2. The van der Waals surface area contributed by atoms with Crippen molar-refractivity contribution in [3.63, 3.8) is 0 Å². The summed E-state index contributed by atoms with van der Waals surface area (Å²) in [5, 5.41) is 0. The summed E-state index contributed by atoms with van der Waals surface area (Å²) in [7, 11) is 0. The van der Waals surface area contributed by atoms with Crippen LogP contribution in [0.5, 0.6) is 0 Å². The van der Waals surface area contributed by atoms with Gasteiger partial charge >= 0.3 is 0 Å². The number of anilines is 1. The summed E-state index contributed by atoms with van der Waals surface area (Å²) in [4.78, 5) is 27.4. The van der Waals surface area contributed by atoms with Gasteiger partial charge in [0, 0.05) is 31.6 Å². The molecule has 0 spiro atoms. The molecule has 0 saturated carbocycles. The van der Waals surface area contributed by atoms with Crippen LogP contribution < -0.4 is 4.90 Å². The molecule has 2 aliphatic heterocycles. The van der Waals surface area contributed by atoms with Crippen LogP contribution in [-0.2, 0) is 17.8 Å². The Morgan fingerprint density at radius 1 is 1.14 bits per heavy atom. The lowest BCUT2D eigenvalue weighted by molar-refractivity contribution is -0.133. The molecule has 2 aromatic rings. The number of fused-ring (bicyclic) bond motifs is 1. The van der Waals surface area contributed by atoms with Crippen molar-refractivity contribution in [3.05, 3.63) is 53.0 Å². The van der Waals surface area contributed by atoms with Crippen molar-refractivity contribution in [2.75, 3.05) is 24.5 Å². The van der Waals surface area contributed by atoms with Gasteiger partial charge in [0.2, 0.25) is 5.91 Å². The van der Waals surface area contributed by atoms with E-state index in [2.05, 4.69) is 30.9 Å². The van der Waals surface area contributed by atoms with Gasteiger partial charge in [0.15, 0.2) is 0 Å². The normalized spacial score (nSPS) is 18.4. The van der Waals surface area contributed by atoms with Crippen LogP contribution in [0.3, 0.4) is 0 Å². The molecule has 2 aliphatic rings. The van der Waals surface area contributed by atoms with Gasteiger partial charge in [-0.25, -0.2) is 9.97 Å². The molecule has 1 aromatic carbocycles. The van der Waals surface area contributed by atoms with Crippen molar-refractivity contribution in [3.8, 4) is 0 Å². The predicted octanol–water partition coefficient (Wildman–Crippen LogP) is 4.10. The van der Waals surface area contributed by atoms with E-state index in [9.17, 15) is 4.79 Å². The van der Waals surface area contributed by atoms with Gasteiger partial charge in [-0.2, -0.15) is 0 Å². The van der Waals surface area contributed by atoms with Crippen molar-refractivity contribution in [1.82, 2.24) is 14.9 Å². The minimum Gasteiger partial charge on any atom is -0.356 e. The summed E-state index contributed by atoms with van der Waals surface area (Å²) in [6.45, 7) is 9.85. The van der Waals surface area contributed by atoms with Crippen LogP contribution in [0.2, 0.25) is 0 Å². The number of rotatable bonds is 4. The lowest BCUT2D eigenvalue weighted by atomic mass is 9.93. The molecule has 0 aliphatic carbocycles. The fourth-order valence-electron chi connectivity index (χ4n) is 4.65. The monoisotopic (exact) mass is 392 g/mol. The zero-order chi connectivity index (χ0) is 20.4. The van der Waals surface area contributed by atoms with E-state index in [0.717, 1.165) is 66.9 Å². The predicted molar refractivity (Wildman–Crippen MR) is 116 cm³/mol. The first kappa shape index (κ1) is 19.9. The van der Waals surface area contributed by atoms with Crippen LogP contribution in [-0.4, -0.2) is 40.4 Å². The number of aromatic nitrogens is 2. The molecule has 1 aromatic heterocycles. The van der Waals surface area contributed by atoms with Crippen LogP contribution in [0.4, 0.5) is 5.82 Å². The van der Waals surface area contributed by atoms with Crippen molar-refractivity contribution in [1.29, 1.82) is 0 Å². The van der Waals surface area contributed by atoms with E-state index in [1.54, 1.807) is 0 Å². The molecule has 5 nitrogen and oxygen atoms in total. The highest BCUT2D eigenvalue weighted by Gasteiger charge is 2.31. The Hall–Kier alpha value is -2.43. The van der Waals surface area contributed by atoms with E-state index in [0.29, 0.717) is 6.54 Å². The van der Waals surface area contributed by atoms with Gasteiger partial charge in [0.25, 0.3) is 0 Å². The Balaban J connectivity index is 1.59. The summed E-state index contributed by atoms with van der Waals surface area (Å²) in [5.41, 5.74) is 3.40. The summed E-state index contributed by atoms with van der Waals surface area (Å²) < 4.78 is 0. The van der Waals surface area contributed by atoms with Gasteiger partial charge in [0.1, 0.15) is 11.6 Å². The Morgan fingerprint density at radius 3 is 2.55 bits per heavy atom. The Bertz CT molecular complexity index is 859. The Labute approximate surface area is 174 Å². The molecule has 0 unspecified atom stereocenters. The lowest BCUT2D eigenvalue weighted by Crippen LogP contribution is -2.41. The molecular weight excluding hydrogens is 360 g/mol. The minimum atomic E-state index is -0.0802. The number of carbonyl (C=O) groups is 1. The average Bonchev–Trinajstić information content (AvgIpc) is 2.74. The van der Waals surface area contributed by atoms with Crippen LogP contribution in [0, 0.1) is 12.8 Å². The second kappa shape index (κ2) is 8.52. The number of benzene rings is 1. The molecule has 5 heteroatoms. The number of piperidine rings is 1. The highest BCUT2D eigenvalue weighted by Crippen LogP contribution is 2.31. The number of carbonyl (C=O) groups excluding carboxylic acids is 1. The van der Waals surface area contributed by atoms with E-state index in [-0.39, 0.29) is 11.8 Å². The first-order valence-electron chi connectivity index (χ1n) is 11.0. The van der Waals surface area contributed by atoms with Gasteiger partial charge in [-0.1, -0.05) is 44.2 Å². The molecule has 154 valence electrons. The van der Waals surface area contributed by atoms with Gasteiger partial charge in [0.05, 0.1) is 18.2 Å². The number of hydrogen-bond donors (Lipinski definition) is 0. The van der Waals surface area contributed by atoms with Crippen LogP contribution in [0.1, 0.15) is 61.7 Å². The Kier molecular flexibility index (Phi) is 5.84. The second-order valence-corrected chi connectivity index (χ2v) is 8.57. The van der Waals surface area contributed by atoms with Gasteiger partial charge in [-0.3, -0.25) is 4.79 Å². The molecule has 4 rings (SSSR count). The molecule has 3 heterocycles. The molecule has 0 radical (unpaired) electrons. The second-order valence-electron chi connectivity index (χ2n) is 8.57. The molecular formula is C24H32N4O. The van der Waals surface area contributed by atoms with E-state index < -0.39 is 0 Å². The number of hydrogen-bond acceptors (Lipinski definition) is 4. The van der Waals surface area contributed by atoms with Crippen molar-refractivity contribution in [2.24, 2.45) is 5.92 Å². The maximum atomic E-state index is 13.4. The number of aryl methyl sites for hydroxylation is 1. The highest BCUT2D eigenvalue weighted by atomic mass is 16.2. The molecule has 1 atom stereocenters. The van der Waals surface area contributed by atoms with Gasteiger partial charge in [-0.05, 0) is 37.7 Å². The summed E-state index contributed by atoms with van der Waals surface area (Å²) >= 11 is 0. The molecule has 0 bridgehead atoms. The Morgan fingerprint density at radius 2 is 1.86 bits per heavy atom. The van der Waals surface area contributed by atoms with E-state index >= 15 is 0 Å². The first-order valence-corrected chi connectivity index (χ1v) is 11.0. The zero-order valence-corrected chi connectivity index (χ0v) is 17.9. The first-order chi connectivity index (χ1) is 14.1. The van der Waals surface area contributed by atoms with E-state index in [4.69, 9.17) is 9.97 Å². The maximum Gasteiger partial charge on any atom is 0.230 e. The third-order valence-corrected chi connectivity index (χ3v) is 6.45. The van der Waals surface area contributed by atoms with Gasteiger partial charge in [-0.15, -0.1) is 0 Å². The van der Waals surface area contributed by atoms with Crippen LogP contribution >= 0.6 is 0 Å². The summed E-state index contributed by atoms with van der Waals surface area (Å²) in [6.07, 6.45) is 4.03. The fraction of sp³-hybridized carbons (Fsp3) is 0.542. The fourth-order valence-corrected chi connectivity index (χ4v) is 4.65. The molecule has 0 N–H and O–H groups in total. The average molecular weight is 393 g/mol. The maximum absolute atomic E-state index is 13.4. The van der Waals surface area contributed by atoms with E-state index in [1.807, 2.05) is 30.0 Å². The summed E-state index contributed by atoms with van der Waals surface area (Å²) in [5.74, 6) is 2.82. The number of amides is 1. The van der Waals surface area contributed by atoms with Gasteiger partial charge < -0.3 is 9.80 Å². The third kappa shape index (κ3) is 4.14. The van der Waals surface area contributed by atoms with Crippen LogP contribution in [0.25, 0.3) is 0 Å². The lowest BCUT2D eigenvalue weighted by Gasteiger charge is -2.36. The standard InChI is InChI=1S/C24H32N4O/c1-4-20(19-8-6-5-7-9-19)24(29)28-15-12-22-21(16-28)23(26-18(3)25-22)27-13-10-17(2)11-14-27/h5-9,17,20H,4,10-16H2,1-3H3/t20-/m1/s1. The van der Waals surface area contributed by atoms with Crippen molar-refractivity contribution >= 4 is 11.7 Å². The quantitative estimate of drug-likeness (QED) is 0.786. The smallest absolute Gasteiger partial charge is 0.230 e. The van der Waals surface area contributed by atoms with Crippen molar-refractivity contribution in [2.45, 2.75) is 58.9 Å². The molecule has 1 saturated heterocycles. The topological polar surface area (TPSA) is 49.3 Å². The largest absolute Gasteiger partial charge is 0.356 e.